The molecule has 1 unspecified atom stereocenters. The van der Waals surface area contributed by atoms with Crippen molar-refractivity contribution in [2.75, 3.05) is 38.6 Å². The molecule has 0 amide bonds. The van der Waals surface area contributed by atoms with Gasteiger partial charge in [0.2, 0.25) is 0 Å². The molecule has 0 aliphatic carbocycles. The molecule has 3 heteroatoms. The largest absolute Gasteiger partial charge is 0.303 e. The summed E-state index contributed by atoms with van der Waals surface area (Å²) in [7, 11) is 2.21. The highest BCUT2D eigenvalue weighted by atomic mass is 79.9. The van der Waals surface area contributed by atoms with Crippen LogP contribution in [0.4, 0.5) is 0 Å². The van der Waals surface area contributed by atoms with Gasteiger partial charge in [0, 0.05) is 37.6 Å². The highest BCUT2D eigenvalue weighted by molar-refractivity contribution is 9.09. The van der Waals surface area contributed by atoms with E-state index in [0.29, 0.717) is 6.04 Å². The predicted molar refractivity (Wildman–Crippen MR) is 72.0 cm³/mol. The standard InChI is InChI=1S/C13H19BrN2/c1-15-9-10-16(8-7-14)13(11-15)12-5-3-2-4-6-12/h2-6,13H,7-11H2,1H3. The van der Waals surface area contributed by atoms with Gasteiger partial charge in [-0.05, 0) is 12.6 Å². The van der Waals surface area contributed by atoms with Crippen molar-refractivity contribution in [3.8, 4) is 0 Å². The molecule has 1 heterocycles. The Labute approximate surface area is 106 Å². The van der Waals surface area contributed by atoms with Crippen LogP contribution in [0.15, 0.2) is 30.3 Å². The average molecular weight is 283 g/mol. The molecule has 2 nitrogen and oxygen atoms in total. The van der Waals surface area contributed by atoms with E-state index < -0.39 is 0 Å². The van der Waals surface area contributed by atoms with Gasteiger partial charge in [-0.1, -0.05) is 46.3 Å². The zero-order chi connectivity index (χ0) is 11.4. The smallest absolute Gasteiger partial charge is 0.0475 e. The van der Waals surface area contributed by atoms with Crippen molar-refractivity contribution in [1.29, 1.82) is 0 Å². The zero-order valence-electron chi connectivity index (χ0n) is 9.77. The monoisotopic (exact) mass is 282 g/mol. The van der Waals surface area contributed by atoms with Gasteiger partial charge in [0.05, 0.1) is 0 Å². The summed E-state index contributed by atoms with van der Waals surface area (Å²) in [4.78, 5) is 4.99. The third-order valence-corrected chi connectivity index (χ3v) is 3.61. The van der Waals surface area contributed by atoms with Crippen LogP contribution >= 0.6 is 15.9 Å². The Bertz CT molecular complexity index is 315. The quantitative estimate of drug-likeness (QED) is 0.786. The molecule has 1 atom stereocenters. The Balaban J connectivity index is 2.14. The number of alkyl halides is 1. The molecule has 0 aromatic heterocycles. The van der Waals surface area contributed by atoms with Crippen molar-refractivity contribution in [3.05, 3.63) is 35.9 Å². The third-order valence-electron chi connectivity index (χ3n) is 3.25. The van der Waals surface area contributed by atoms with E-state index in [1.807, 2.05) is 0 Å². The van der Waals surface area contributed by atoms with E-state index in [2.05, 4.69) is 63.1 Å². The molecular formula is C13H19BrN2. The fourth-order valence-corrected chi connectivity index (χ4v) is 2.78. The number of nitrogens with zero attached hydrogens (tertiary/aromatic N) is 2. The first-order valence-corrected chi connectivity index (χ1v) is 6.97. The second-order valence-corrected chi connectivity index (χ2v) is 5.21. The molecule has 1 aliphatic rings. The molecule has 2 rings (SSSR count). The lowest BCUT2D eigenvalue weighted by atomic mass is 10.0. The lowest BCUT2D eigenvalue weighted by Gasteiger charge is -2.40. The van der Waals surface area contributed by atoms with Crippen molar-refractivity contribution in [1.82, 2.24) is 9.80 Å². The fraction of sp³-hybridized carbons (Fsp3) is 0.538. The van der Waals surface area contributed by atoms with Gasteiger partial charge in [-0.3, -0.25) is 4.90 Å². The summed E-state index contributed by atoms with van der Waals surface area (Å²) in [5.74, 6) is 0. The van der Waals surface area contributed by atoms with Crippen LogP contribution in [0, 0.1) is 0 Å². The number of hydrogen-bond donors (Lipinski definition) is 0. The summed E-state index contributed by atoms with van der Waals surface area (Å²) >= 11 is 3.54. The van der Waals surface area contributed by atoms with Crippen molar-refractivity contribution in [3.63, 3.8) is 0 Å². The highest BCUT2D eigenvalue weighted by Gasteiger charge is 2.25. The minimum absolute atomic E-state index is 0.553. The second kappa shape index (κ2) is 5.80. The summed E-state index contributed by atoms with van der Waals surface area (Å²) in [5, 5.41) is 1.06. The predicted octanol–water partition coefficient (Wildman–Crippen LogP) is 2.37. The van der Waals surface area contributed by atoms with E-state index in [-0.39, 0.29) is 0 Å². The Morgan fingerprint density at radius 2 is 2.00 bits per heavy atom. The summed E-state index contributed by atoms with van der Waals surface area (Å²) < 4.78 is 0. The number of rotatable bonds is 3. The number of halogens is 1. The molecule has 1 fully saturated rings. The van der Waals surface area contributed by atoms with Gasteiger partial charge in [0.15, 0.2) is 0 Å². The van der Waals surface area contributed by atoms with Crippen LogP contribution in [0.5, 0.6) is 0 Å². The van der Waals surface area contributed by atoms with Crippen LogP contribution in [0.25, 0.3) is 0 Å². The van der Waals surface area contributed by atoms with E-state index >= 15 is 0 Å². The number of hydrogen-bond acceptors (Lipinski definition) is 2. The molecule has 0 radical (unpaired) electrons. The average Bonchev–Trinajstić information content (AvgIpc) is 2.33. The first-order valence-electron chi connectivity index (χ1n) is 5.85. The lowest BCUT2D eigenvalue weighted by molar-refractivity contribution is 0.0964. The molecule has 1 aliphatic heterocycles. The minimum atomic E-state index is 0.553. The lowest BCUT2D eigenvalue weighted by Crippen LogP contribution is -2.47. The van der Waals surface area contributed by atoms with E-state index in [4.69, 9.17) is 0 Å². The first kappa shape index (κ1) is 12.1. The maximum absolute atomic E-state index is 3.54. The van der Waals surface area contributed by atoms with Gasteiger partial charge in [-0.2, -0.15) is 0 Å². The van der Waals surface area contributed by atoms with Crippen molar-refractivity contribution in [2.45, 2.75) is 6.04 Å². The maximum atomic E-state index is 3.54. The summed E-state index contributed by atoms with van der Waals surface area (Å²) in [5.41, 5.74) is 1.44. The molecule has 16 heavy (non-hydrogen) atoms. The van der Waals surface area contributed by atoms with Gasteiger partial charge in [0.1, 0.15) is 0 Å². The van der Waals surface area contributed by atoms with Crippen LogP contribution in [0.1, 0.15) is 11.6 Å². The van der Waals surface area contributed by atoms with Crippen molar-refractivity contribution in [2.24, 2.45) is 0 Å². The molecule has 88 valence electrons. The van der Waals surface area contributed by atoms with Gasteiger partial charge in [-0.25, -0.2) is 0 Å². The van der Waals surface area contributed by atoms with Crippen molar-refractivity contribution >= 4 is 15.9 Å². The highest BCUT2D eigenvalue weighted by Crippen LogP contribution is 2.24. The second-order valence-electron chi connectivity index (χ2n) is 4.41. The van der Waals surface area contributed by atoms with E-state index in [9.17, 15) is 0 Å². The van der Waals surface area contributed by atoms with Gasteiger partial charge < -0.3 is 4.90 Å². The van der Waals surface area contributed by atoms with Crippen molar-refractivity contribution < 1.29 is 0 Å². The molecule has 1 aromatic carbocycles. The van der Waals surface area contributed by atoms with E-state index in [1.54, 1.807) is 0 Å². The number of piperazine rings is 1. The van der Waals surface area contributed by atoms with Gasteiger partial charge in [0.25, 0.3) is 0 Å². The summed E-state index contributed by atoms with van der Waals surface area (Å²) in [6.45, 7) is 4.61. The summed E-state index contributed by atoms with van der Waals surface area (Å²) in [6.07, 6.45) is 0. The van der Waals surface area contributed by atoms with Crippen LogP contribution < -0.4 is 0 Å². The SMILES string of the molecule is CN1CCN(CCBr)C(c2ccccc2)C1. The normalized spacial score (nSPS) is 23.5. The first-order chi connectivity index (χ1) is 7.81. The molecule has 0 saturated carbocycles. The van der Waals surface area contributed by atoms with Crippen LogP contribution in [0.3, 0.4) is 0 Å². The summed E-state index contributed by atoms with van der Waals surface area (Å²) in [6, 6.07) is 11.4. The van der Waals surface area contributed by atoms with E-state index in [1.165, 1.54) is 18.7 Å². The van der Waals surface area contributed by atoms with Gasteiger partial charge >= 0.3 is 0 Å². The van der Waals surface area contributed by atoms with Gasteiger partial charge in [-0.15, -0.1) is 0 Å². The Morgan fingerprint density at radius 1 is 1.25 bits per heavy atom. The van der Waals surface area contributed by atoms with Crippen LogP contribution in [0.2, 0.25) is 0 Å². The number of likely N-dealkylation sites (N-methyl/N-ethyl adjacent to an activating group) is 1. The minimum Gasteiger partial charge on any atom is -0.303 e. The third kappa shape index (κ3) is 2.84. The Morgan fingerprint density at radius 3 is 2.69 bits per heavy atom. The fourth-order valence-electron chi connectivity index (χ4n) is 2.32. The van der Waals surface area contributed by atoms with Crippen LogP contribution in [-0.4, -0.2) is 48.4 Å². The molecule has 0 spiro atoms. The maximum Gasteiger partial charge on any atom is 0.0475 e. The van der Waals surface area contributed by atoms with E-state index in [0.717, 1.165) is 18.4 Å². The molecule has 0 N–H and O–H groups in total. The molecule has 1 aromatic rings. The Hall–Kier alpha value is -0.380. The van der Waals surface area contributed by atoms with Crippen LogP contribution in [-0.2, 0) is 0 Å². The zero-order valence-corrected chi connectivity index (χ0v) is 11.4. The number of benzene rings is 1. The topological polar surface area (TPSA) is 6.48 Å². The molecule has 0 bridgehead atoms. The molecule has 1 saturated heterocycles. The Kier molecular flexibility index (Phi) is 4.38. The molecular weight excluding hydrogens is 264 g/mol.